The Balaban J connectivity index is 1.94. The number of ether oxygens (including phenoxy) is 3. The van der Waals surface area contributed by atoms with Crippen LogP contribution in [0.5, 0.6) is 11.5 Å². The van der Waals surface area contributed by atoms with Crippen LogP contribution in [-0.2, 0) is 9.53 Å². The maximum atomic E-state index is 12.0. The lowest BCUT2D eigenvalue weighted by atomic mass is 10.1. The van der Waals surface area contributed by atoms with E-state index in [1.807, 2.05) is 36.4 Å². The number of hydrogen-bond donors (Lipinski definition) is 0. The third kappa shape index (κ3) is 3.11. The minimum absolute atomic E-state index is 0.362. The number of methoxy groups -OCH3 is 2. The van der Waals surface area contributed by atoms with Crippen LogP contribution in [0.2, 0.25) is 0 Å². The van der Waals surface area contributed by atoms with E-state index in [0.29, 0.717) is 22.8 Å². The van der Waals surface area contributed by atoms with Gasteiger partial charge in [-0.25, -0.2) is 4.79 Å². The average molecular weight is 308 g/mol. The van der Waals surface area contributed by atoms with Crippen LogP contribution >= 0.6 is 0 Å². The van der Waals surface area contributed by atoms with Gasteiger partial charge in [-0.2, -0.15) is 0 Å². The van der Waals surface area contributed by atoms with E-state index in [4.69, 9.17) is 14.2 Å². The van der Waals surface area contributed by atoms with Crippen LogP contribution < -0.4 is 9.47 Å². The van der Waals surface area contributed by atoms with Gasteiger partial charge in [-0.15, -0.1) is 0 Å². The van der Waals surface area contributed by atoms with Crippen molar-refractivity contribution in [2.24, 2.45) is 0 Å². The SMILES string of the molecule is COc1ccc(C2=C/C(=C/c3ccccc3)C(=O)O2)cc1OC. The monoisotopic (exact) mass is 308 g/mol. The maximum absolute atomic E-state index is 12.0. The molecule has 4 nitrogen and oxygen atoms in total. The molecule has 0 atom stereocenters. The zero-order valence-electron chi connectivity index (χ0n) is 12.9. The van der Waals surface area contributed by atoms with E-state index in [0.717, 1.165) is 11.1 Å². The standard InChI is InChI=1S/C19H16O4/c1-21-16-9-8-14(11-18(16)22-2)17-12-15(19(20)23-17)10-13-6-4-3-5-7-13/h3-12H,1-2H3/b15-10-. The first-order valence-corrected chi connectivity index (χ1v) is 7.14. The highest BCUT2D eigenvalue weighted by Gasteiger charge is 2.22. The summed E-state index contributed by atoms with van der Waals surface area (Å²) in [6, 6.07) is 15.0. The number of carbonyl (C=O) groups excluding carboxylic acids is 1. The Kier molecular flexibility index (Phi) is 4.15. The van der Waals surface area contributed by atoms with Crippen LogP contribution in [0.25, 0.3) is 11.8 Å². The number of benzene rings is 2. The summed E-state index contributed by atoms with van der Waals surface area (Å²) in [6.07, 6.45) is 3.53. The number of rotatable bonds is 4. The molecule has 0 fully saturated rings. The van der Waals surface area contributed by atoms with E-state index in [9.17, 15) is 4.79 Å². The molecule has 23 heavy (non-hydrogen) atoms. The van der Waals surface area contributed by atoms with Gasteiger partial charge in [-0.3, -0.25) is 0 Å². The second kappa shape index (κ2) is 6.40. The molecular formula is C19H16O4. The van der Waals surface area contributed by atoms with Gasteiger partial charge in [-0.05, 0) is 35.9 Å². The molecule has 0 saturated heterocycles. The third-order valence-electron chi connectivity index (χ3n) is 3.51. The summed E-state index contributed by atoms with van der Waals surface area (Å²) in [5.41, 5.74) is 2.22. The first kappa shape index (κ1) is 14.9. The van der Waals surface area contributed by atoms with Crippen LogP contribution in [0.3, 0.4) is 0 Å². The van der Waals surface area contributed by atoms with Crippen LogP contribution in [0.15, 0.2) is 60.2 Å². The van der Waals surface area contributed by atoms with Gasteiger partial charge in [0.05, 0.1) is 19.8 Å². The normalized spacial score (nSPS) is 15.3. The number of hydrogen-bond acceptors (Lipinski definition) is 4. The predicted molar refractivity (Wildman–Crippen MR) is 88.0 cm³/mol. The van der Waals surface area contributed by atoms with Gasteiger partial charge >= 0.3 is 5.97 Å². The molecule has 0 spiro atoms. The van der Waals surface area contributed by atoms with Crippen LogP contribution in [0.4, 0.5) is 0 Å². The highest BCUT2D eigenvalue weighted by molar-refractivity contribution is 6.05. The molecule has 0 saturated carbocycles. The fourth-order valence-electron chi connectivity index (χ4n) is 2.35. The lowest BCUT2D eigenvalue weighted by Crippen LogP contribution is -1.97. The van der Waals surface area contributed by atoms with Gasteiger partial charge in [0, 0.05) is 5.56 Å². The van der Waals surface area contributed by atoms with Crippen molar-refractivity contribution in [2.75, 3.05) is 14.2 Å². The van der Waals surface area contributed by atoms with E-state index in [1.165, 1.54) is 0 Å². The molecule has 1 heterocycles. The Morgan fingerprint density at radius 1 is 0.957 bits per heavy atom. The van der Waals surface area contributed by atoms with Gasteiger partial charge in [0.15, 0.2) is 11.5 Å². The Bertz CT molecular complexity index is 788. The molecule has 3 rings (SSSR count). The first-order chi connectivity index (χ1) is 11.2. The van der Waals surface area contributed by atoms with Crippen molar-refractivity contribution in [3.8, 4) is 11.5 Å². The number of esters is 1. The Morgan fingerprint density at radius 2 is 1.70 bits per heavy atom. The second-order valence-electron chi connectivity index (χ2n) is 4.98. The van der Waals surface area contributed by atoms with Crippen molar-refractivity contribution in [1.29, 1.82) is 0 Å². The summed E-state index contributed by atoms with van der Waals surface area (Å²) in [4.78, 5) is 12.0. The summed E-state index contributed by atoms with van der Waals surface area (Å²) < 4.78 is 15.9. The minimum atomic E-state index is -0.362. The molecule has 0 radical (unpaired) electrons. The molecule has 0 bridgehead atoms. The minimum Gasteiger partial charge on any atom is -0.493 e. The van der Waals surface area contributed by atoms with Crippen molar-refractivity contribution in [2.45, 2.75) is 0 Å². The third-order valence-corrected chi connectivity index (χ3v) is 3.51. The zero-order chi connectivity index (χ0) is 16.2. The first-order valence-electron chi connectivity index (χ1n) is 7.14. The van der Waals surface area contributed by atoms with E-state index in [-0.39, 0.29) is 5.97 Å². The quantitative estimate of drug-likeness (QED) is 0.638. The number of cyclic esters (lactones) is 1. The lowest BCUT2D eigenvalue weighted by molar-refractivity contribution is -0.130. The molecule has 116 valence electrons. The molecule has 2 aromatic carbocycles. The molecule has 4 heteroatoms. The Morgan fingerprint density at radius 3 is 2.39 bits per heavy atom. The number of carbonyl (C=O) groups is 1. The summed E-state index contributed by atoms with van der Waals surface area (Å²) in [5.74, 6) is 1.35. The summed E-state index contributed by atoms with van der Waals surface area (Å²) in [7, 11) is 3.14. The maximum Gasteiger partial charge on any atom is 0.343 e. The van der Waals surface area contributed by atoms with E-state index < -0.39 is 0 Å². The molecule has 2 aromatic rings. The fourth-order valence-corrected chi connectivity index (χ4v) is 2.35. The van der Waals surface area contributed by atoms with Crippen molar-refractivity contribution in [3.63, 3.8) is 0 Å². The zero-order valence-corrected chi connectivity index (χ0v) is 12.9. The topological polar surface area (TPSA) is 44.8 Å². The predicted octanol–water partition coefficient (Wildman–Crippen LogP) is 3.69. The summed E-state index contributed by atoms with van der Waals surface area (Å²) in [6.45, 7) is 0. The molecule has 1 aliphatic rings. The van der Waals surface area contributed by atoms with Gasteiger partial charge in [0.2, 0.25) is 0 Å². The summed E-state index contributed by atoms with van der Waals surface area (Å²) in [5, 5.41) is 0. The Hall–Kier alpha value is -3.01. The molecule has 0 aliphatic carbocycles. The Labute approximate surface area is 134 Å². The van der Waals surface area contributed by atoms with Gasteiger partial charge in [-0.1, -0.05) is 30.3 Å². The van der Waals surface area contributed by atoms with Crippen molar-refractivity contribution in [1.82, 2.24) is 0 Å². The van der Waals surface area contributed by atoms with Crippen molar-refractivity contribution >= 4 is 17.8 Å². The van der Waals surface area contributed by atoms with Crippen molar-refractivity contribution < 1.29 is 19.0 Å². The molecular weight excluding hydrogens is 292 g/mol. The van der Waals surface area contributed by atoms with Gasteiger partial charge in [0.25, 0.3) is 0 Å². The van der Waals surface area contributed by atoms with Crippen molar-refractivity contribution in [3.05, 3.63) is 71.3 Å². The smallest absolute Gasteiger partial charge is 0.343 e. The van der Waals surface area contributed by atoms with Gasteiger partial charge in [0.1, 0.15) is 5.76 Å². The van der Waals surface area contributed by atoms with E-state index in [1.54, 1.807) is 38.5 Å². The molecule has 0 amide bonds. The molecule has 1 aliphatic heterocycles. The van der Waals surface area contributed by atoms with Crippen LogP contribution in [0, 0.1) is 0 Å². The summed E-state index contributed by atoms with van der Waals surface area (Å²) >= 11 is 0. The highest BCUT2D eigenvalue weighted by atomic mass is 16.5. The van der Waals surface area contributed by atoms with Gasteiger partial charge < -0.3 is 14.2 Å². The van der Waals surface area contributed by atoms with Crippen LogP contribution in [-0.4, -0.2) is 20.2 Å². The fraction of sp³-hybridized carbons (Fsp3) is 0.105. The molecule has 0 N–H and O–H groups in total. The largest absolute Gasteiger partial charge is 0.493 e. The van der Waals surface area contributed by atoms with Crippen LogP contribution in [0.1, 0.15) is 11.1 Å². The van der Waals surface area contributed by atoms with E-state index in [2.05, 4.69) is 0 Å². The van der Waals surface area contributed by atoms with E-state index >= 15 is 0 Å². The highest BCUT2D eigenvalue weighted by Crippen LogP contribution is 2.33. The average Bonchev–Trinajstić information content (AvgIpc) is 2.96. The second-order valence-corrected chi connectivity index (χ2v) is 4.98. The lowest BCUT2D eigenvalue weighted by Gasteiger charge is -2.09. The molecule has 0 aromatic heterocycles. The molecule has 0 unspecified atom stereocenters.